The molecule has 2 aromatic rings. The maximum absolute atomic E-state index is 12.7. The molecule has 2 aliphatic rings. The lowest BCUT2D eigenvalue weighted by Gasteiger charge is -2.31. The molecular weight excluding hydrogens is 336 g/mol. The molecule has 4 heterocycles. The number of nitrogens with one attached hydrogen (secondary N) is 1. The normalized spacial score (nSPS) is 26.2. The quantitative estimate of drug-likeness (QED) is 0.871. The van der Waals surface area contributed by atoms with Gasteiger partial charge in [0.25, 0.3) is 11.5 Å². The number of amides is 1. The Labute approximate surface area is 150 Å². The highest BCUT2D eigenvalue weighted by Crippen LogP contribution is 2.33. The molecule has 0 aromatic carbocycles. The zero-order valence-electron chi connectivity index (χ0n) is 14.5. The van der Waals surface area contributed by atoms with Crippen molar-refractivity contribution >= 4 is 5.91 Å². The van der Waals surface area contributed by atoms with E-state index in [9.17, 15) is 9.59 Å². The van der Waals surface area contributed by atoms with Gasteiger partial charge in [0, 0.05) is 25.0 Å². The summed E-state index contributed by atoms with van der Waals surface area (Å²) in [6.07, 6.45) is 4.80. The minimum absolute atomic E-state index is 0.0483. The van der Waals surface area contributed by atoms with Gasteiger partial charge < -0.3 is 19.4 Å². The van der Waals surface area contributed by atoms with Crippen LogP contribution in [0, 0.1) is 0 Å². The second-order valence-electron chi connectivity index (χ2n) is 6.87. The summed E-state index contributed by atoms with van der Waals surface area (Å²) in [6.45, 7) is 2.37. The fraction of sp³-hybridized carbons (Fsp3) is 0.500. The van der Waals surface area contributed by atoms with E-state index in [0.717, 1.165) is 12.8 Å². The van der Waals surface area contributed by atoms with Crippen molar-refractivity contribution in [2.45, 2.75) is 31.1 Å². The highest BCUT2D eigenvalue weighted by atomic mass is 16.6. The first-order valence-corrected chi connectivity index (χ1v) is 8.86. The van der Waals surface area contributed by atoms with Crippen LogP contribution in [0.5, 0.6) is 0 Å². The molecule has 8 nitrogen and oxygen atoms in total. The topological polar surface area (TPSA) is 89.5 Å². The maximum Gasteiger partial charge on any atom is 0.270 e. The highest BCUT2D eigenvalue weighted by Gasteiger charge is 2.44. The first-order chi connectivity index (χ1) is 12.7. The zero-order chi connectivity index (χ0) is 18.0. The van der Waals surface area contributed by atoms with Crippen molar-refractivity contribution in [3.05, 3.63) is 52.7 Å². The zero-order valence-corrected chi connectivity index (χ0v) is 14.5. The number of aromatic nitrogens is 3. The minimum atomic E-state index is -0.526. The molecule has 138 valence electrons. The maximum atomic E-state index is 12.7. The van der Waals surface area contributed by atoms with Crippen LogP contribution in [0.1, 0.15) is 23.3 Å². The van der Waals surface area contributed by atoms with Crippen LogP contribution in [0.3, 0.4) is 0 Å². The molecule has 0 bridgehead atoms. The van der Waals surface area contributed by atoms with Crippen molar-refractivity contribution in [2.24, 2.45) is 0 Å². The van der Waals surface area contributed by atoms with Gasteiger partial charge >= 0.3 is 0 Å². The third-order valence-corrected chi connectivity index (χ3v) is 4.97. The molecule has 2 aromatic heterocycles. The summed E-state index contributed by atoms with van der Waals surface area (Å²) >= 11 is 0. The molecule has 1 amide bonds. The SMILES string of the molecule is O=C(c1ccc[nH]1)N1CCOC[C@@]2(CC[C@@H](Cn3ncccc3=O)O2)C1. The lowest BCUT2D eigenvalue weighted by molar-refractivity contribution is -0.0883. The molecule has 0 aliphatic carbocycles. The van der Waals surface area contributed by atoms with Gasteiger partial charge in [-0.1, -0.05) is 0 Å². The average Bonchev–Trinajstić information content (AvgIpc) is 3.25. The predicted molar refractivity (Wildman–Crippen MR) is 92.9 cm³/mol. The molecule has 2 atom stereocenters. The molecule has 1 N–H and O–H groups in total. The standard InChI is InChI=1S/C18H22N4O4/c23-16-4-2-8-20-22(16)11-14-5-6-18(26-14)12-21(9-10-25-13-18)17(24)15-3-1-7-19-15/h1-4,7-8,14,19H,5-6,9-13H2/t14-,18+/m0/s1. The molecule has 0 saturated carbocycles. The third kappa shape index (κ3) is 3.42. The van der Waals surface area contributed by atoms with E-state index in [2.05, 4.69) is 10.1 Å². The van der Waals surface area contributed by atoms with Crippen LogP contribution >= 0.6 is 0 Å². The Morgan fingerprint density at radius 3 is 3.12 bits per heavy atom. The van der Waals surface area contributed by atoms with E-state index in [1.54, 1.807) is 29.4 Å². The van der Waals surface area contributed by atoms with E-state index in [-0.39, 0.29) is 17.6 Å². The highest BCUT2D eigenvalue weighted by molar-refractivity contribution is 5.92. The van der Waals surface area contributed by atoms with Crippen LogP contribution in [-0.4, -0.2) is 63.6 Å². The van der Waals surface area contributed by atoms with Crippen molar-refractivity contribution in [1.82, 2.24) is 19.7 Å². The second kappa shape index (κ2) is 7.05. The average molecular weight is 358 g/mol. The van der Waals surface area contributed by atoms with Crippen LogP contribution in [0.25, 0.3) is 0 Å². The van der Waals surface area contributed by atoms with Crippen LogP contribution in [-0.2, 0) is 16.0 Å². The molecule has 2 fully saturated rings. The number of aromatic amines is 1. The molecule has 4 rings (SSSR count). The Morgan fingerprint density at radius 2 is 2.31 bits per heavy atom. The second-order valence-corrected chi connectivity index (χ2v) is 6.87. The van der Waals surface area contributed by atoms with Gasteiger partial charge in [0.15, 0.2) is 0 Å². The van der Waals surface area contributed by atoms with Gasteiger partial charge in [0.1, 0.15) is 11.3 Å². The largest absolute Gasteiger partial charge is 0.377 e. The Kier molecular flexibility index (Phi) is 4.60. The van der Waals surface area contributed by atoms with E-state index >= 15 is 0 Å². The Morgan fingerprint density at radius 1 is 1.38 bits per heavy atom. The van der Waals surface area contributed by atoms with Gasteiger partial charge in [-0.3, -0.25) is 9.59 Å². The Bertz CT molecular complexity index is 819. The number of H-pyrrole nitrogens is 1. The van der Waals surface area contributed by atoms with Crippen LogP contribution in [0.2, 0.25) is 0 Å². The summed E-state index contributed by atoms with van der Waals surface area (Å²) in [5.74, 6) is -0.0483. The first-order valence-electron chi connectivity index (χ1n) is 8.86. The monoisotopic (exact) mass is 358 g/mol. The van der Waals surface area contributed by atoms with E-state index in [1.807, 2.05) is 6.07 Å². The summed E-state index contributed by atoms with van der Waals surface area (Å²) in [4.78, 5) is 29.3. The van der Waals surface area contributed by atoms with Gasteiger partial charge in [-0.15, -0.1) is 0 Å². The van der Waals surface area contributed by atoms with Gasteiger partial charge in [-0.25, -0.2) is 4.68 Å². The third-order valence-electron chi connectivity index (χ3n) is 4.97. The van der Waals surface area contributed by atoms with Gasteiger partial charge in [0.05, 0.1) is 32.4 Å². The number of nitrogens with zero attached hydrogens (tertiary/aromatic N) is 3. The van der Waals surface area contributed by atoms with Gasteiger partial charge in [-0.2, -0.15) is 5.10 Å². The van der Waals surface area contributed by atoms with Crippen molar-refractivity contribution in [2.75, 3.05) is 26.3 Å². The molecular formula is C18H22N4O4. The van der Waals surface area contributed by atoms with Crippen molar-refractivity contribution in [3.8, 4) is 0 Å². The number of carbonyl (C=O) groups excluding carboxylic acids is 1. The number of rotatable bonds is 3. The molecule has 0 unspecified atom stereocenters. The van der Waals surface area contributed by atoms with E-state index in [1.165, 1.54) is 10.7 Å². The Hall–Kier alpha value is -2.45. The smallest absolute Gasteiger partial charge is 0.270 e. The fourth-order valence-corrected chi connectivity index (χ4v) is 3.68. The number of carbonyl (C=O) groups is 1. The van der Waals surface area contributed by atoms with Crippen LogP contribution < -0.4 is 5.56 Å². The summed E-state index contributed by atoms with van der Waals surface area (Å²) in [5, 5.41) is 4.10. The summed E-state index contributed by atoms with van der Waals surface area (Å²) in [5.41, 5.74) is -0.101. The van der Waals surface area contributed by atoms with Crippen LogP contribution in [0.15, 0.2) is 41.5 Å². The van der Waals surface area contributed by atoms with E-state index < -0.39 is 5.60 Å². The molecule has 2 saturated heterocycles. The number of hydrogen-bond donors (Lipinski definition) is 1. The van der Waals surface area contributed by atoms with E-state index in [0.29, 0.717) is 38.5 Å². The lowest BCUT2D eigenvalue weighted by Crippen LogP contribution is -2.47. The van der Waals surface area contributed by atoms with Gasteiger partial charge in [0.2, 0.25) is 0 Å². The lowest BCUT2D eigenvalue weighted by atomic mass is 10.00. The number of ether oxygens (including phenoxy) is 2. The molecule has 2 aliphatic heterocycles. The molecule has 0 radical (unpaired) electrons. The van der Waals surface area contributed by atoms with E-state index in [4.69, 9.17) is 9.47 Å². The van der Waals surface area contributed by atoms with Crippen molar-refractivity contribution in [1.29, 1.82) is 0 Å². The van der Waals surface area contributed by atoms with Crippen LogP contribution in [0.4, 0.5) is 0 Å². The number of hydrogen-bond acceptors (Lipinski definition) is 5. The molecule has 1 spiro atoms. The fourth-order valence-electron chi connectivity index (χ4n) is 3.68. The van der Waals surface area contributed by atoms with Gasteiger partial charge in [-0.05, 0) is 31.0 Å². The predicted octanol–water partition coefficient (Wildman–Crippen LogP) is 0.662. The molecule has 8 heteroatoms. The Balaban J connectivity index is 1.46. The first kappa shape index (κ1) is 17.0. The summed E-state index contributed by atoms with van der Waals surface area (Å²) in [7, 11) is 0. The van der Waals surface area contributed by atoms with Crippen molar-refractivity contribution < 1.29 is 14.3 Å². The minimum Gasteiger partial charge on any atom is -0.377 e. The summed E-state index contributed by atoms with van der Waals surface area (Å²) in [6, 6.07) is 6.69. The summed E-state index contributed by atoms with van der Waals surface area (Å²) < 4.78 is 13.5. The van der Waals surface area contributed by atoms with Crippen molar-refractivity contribution in [3.63, 3.8) is 0 Å². The molecule has 26 heavy (non-hydrogen) atoms.